The Labute approximate surface area is 217 Å². The Morgan fingerprint density at radius 2 is 2.00 bits per heavy atom. The van der Waals surface area contributed by atoms with Crippen LogP contribution in [0.2, 0.25) is 10.0 Å². The molecule has 1 aliphatic heterocycles. The van der Waals surface area contributed by atoms with Crippen molar-refractivity contribution >= 4 is 23.2 Å². The molecule has 2 unspecified atom stereocenters. The summed E-state index contributed by atoms with van der Waals surface area (Å²) in [5.74, 6) is 0.160. The summed E-state index contributed by atoms with van der Waals surface area (Å²) in [7, 11) is 0. The van der Waals surface area contributed by atoms with Crippen molar-refractivity contribution in [2.75, 3.05) is 13.2 Å². The minimum atomic E-state index is -1.11. The van der Waals surface area contributed by atoms with Gasteiger partial charge in [0.2, 0.25) is 5.79 Å². The fraction of sp³-hybridized carbons (Fsp3) is 0.320. The van der Waals surface area contributed by atoms with Crippen molar-refractivity contribution < 1.29 is 14.2 Å². The minimum absolute atomic E-state index is 0.171. The number of nitrogens with zero attached hydrogens (tertiary/aromatic N) is 5. The summed E-state index contributed by atoms with van der Waals surface area (Å²) in [6, 6.07) is 12.5. The van der Waals surface area contributed by atoms with Gasteiger partial charge in [-0.05, 0) is 50.2 Å². The summed E-state index contributed by atoms with van der Waals surface area (Å²) in [5, 5.41) is 5.26. The fourth-order valence-electron chi connectivity index (χ4n) is 4.28. The van der Waals surface area contributed by atoms with Gasteiger partial charge in [0.1, 0.15) is 24.3 Å². The van der Waals surface area contributed by atoms with Gasteiger partial charge in [-0.15, -0.1) is 0 Å². The van der Waals surface area contributed by atoms with Crippen LogP contribution in [0.3, 0.4) is 0 Å². The molecule has 2 aromatic carbocycles. The maximum atomic E-state index is 12.5. The zero-order valence-corrected chi connectivity index (χ0v) is 21.3. The van der Waals surface area contributed by atoms with Crippen LogP contribution in [0.25, 0.3) is 5.69 Å². The van der Waals surface area contributed by atoms with Gasteiger partial charge in [0, 0.05) is 29.5 Å². The Hall–Kier alpha value is -3.11. The standard InChI is InChI=1S/C25H25Cl2N5O4/c1-3-31-24(33)32(17(2)29-31)19-5-7-20(8-6-19)34-13-21-14-35-25(36-21,15-30-11-10-28-16-30)22-9-4-18(26)12-23(22)27/h4-12,16,21H,3,13-15H2,1-2H3. The highest BCUT2D eigenvalue weighted by molar-refractivity contribution is 6.35. The first-order valence-corrected chi connectivity index (χ1v) is 12.3. The molecule has 4 aromatic rings. The second-order valence-corrected chi connectivity index (χ2v) is 9.29. The van der Waals surface area contributed by atoms with Gasteiger partial charge in [-0.3, -0.25) is 0 Å². The lowest BCUT2D eigenvalue weighted by atomic mass is 10.1. The third-order valence-electron chi connectivity index (χ3n) is 5.98. The second kappa shape index (κ2) is 10.1. The summed E-state index contributed by atoms with van der Waals surface area (Å²) in [6.07, 6.45) is 4.88. The van der Waals surface area contributed by atoms with E-state index < -0.39 is 5.79 Å². The lowest BCUT2D eigenvalue weighted by molar-refractivity contribution is -0.189. The van der Waals surface area contributed by atoms with Crippen molar-refractivity contribution in [2.45, 2.75) is 38.8 Å². The summed E-state index contributed by atoms with van der Waals surface area (Å²) in [5.41, 5.74) is 1.24. The van der Waals surface area contributed by atoms with Crippen molar-refractivity contribution in [3.8, 4) is 11.4 Å². The molecule has 1 saturated heterocycles. The lowest BCUT2D eigenvalue weighted by Gasteiger charge is -2.30. The average molecular weight is 530 g/mol. The third kappa shape index (κ3) is 4.79. The van der Waals surface area contributed by atoms with E-state index in [4.69, 9.17) is 37.4 Å². The number of aromatic nitrogens is 5. The van der Waals surface area contributed by atoms with Crippen LogP contribution in [0.1, 0.15) is 18.3 Å². The molecule has 9 nitrogen and oxygen atoms in total. The topological polar surface area (TPSA) is 85.3 Å². The van der Waals surface area contributed by atoms with E-state index in [1.54, 1.807) is 36.1 Å². The van der Waals surface area contributed by atoms with Crippen LogP contribution in [0.5, 0.6) is 5.75 Å². The molecule has 36 heavy (non-hydrogen) atoms. The van der Waals surface area contributed by atoms with Crippen LogP contribution < -0.4 is 10.4 Å². The van der Waals surface area contributed by atoms with Gasteiger partial charge in [0.15, 0.2) is 0 Å². The molecule has 2 aromatic heterocycles. The molecule has 0 N–H and O–H groups in total. The molecule has 0 radical (unpaired) electrons. The van der Waals surface area contributed by atoms with Crippen LogP contribution in [-0.4, -0.2) is 43.2 Å². The number of imidazole rings is 1. The van der Waals surface area contributed by atoms with Crippen molar-refractivity contribution in [3.63, 3.8) is 0 Å². The molecule has 0 aliphatic carbocycles. The van der Waals surface area contributed by atoms with E-state index in [1.807, 2.05) is 48.0 Å². The van der Waals surface area contributed by atoms with Gasteiger partial charge in [-0.1, -0.05) is 29.3 Å². The van der Waals surface area contributed by atoms with E-state index in [0.29, 0.717) is 46.9 Å². The first-order valence-electron chi connectivity index (χ1n) is 11.5. The fourth-order valence-corrected chi connectivity index (χ4v) is 4.83. The minimum Gasteiger partial charge on any atom is -0.491 e. The Balaban J connectivity index is 1.30. The molecular formula is C25H25Cl2N5O4. The van der Waals surface area contributed by atoms with Crippen molar-refractivity contribution in [2.24, 2.45) is 0 Å². The number of rotatable bonds is 8. The quantitative estimate of drug-likeness (QED) is 0.339. The number of hydrogen-bond acceptors (Lipinski definition) is 6. The van der Waals surface area contributed by atoms with Crippen LogP contribution in [0, 0.1) is 6.92 Å². The zero-order chi connectivity index (χ0) is 25.3. The molecule has 2 atom stereocenters. The second-order valence-electron chi connectivity index (χ2n) is 8.45. The van der Waals surface area contributed by atoms with Crippen molar-refractivity contribution in [3.05, 3.63) is 93.1 Å². The number of benzene rings is 2. The SMILES string of the molecule is CCn1nc(C)n(-c2ccc(OCC3COC(Cn4ccnc4)(c4ccc(Cl)cc4Cl)O3)cc2)c1=O. The zero-order valence-electron chi connectivity index (χ0n) is 19.8. The number of ether oxygens (including phenoxy) is 3. The molecule has 0 bridgehead atoms. The highest BCUT2D eigenvalue weighted by atomic mass is 35.5. The number of aryl methyl sites for hydroxylation is 2. The van der Waals surface area contributed by atoms with Gasteiger partial charge in [0.05, 0.1) is 30.2 Å². The molecule has 3 heterocycles. The molecule has 1 aliphatic rings. The number of hydrogen-bond donors (Lipinski definition) is 0. The summed E-state index contributed by atoms with van der Waals surface area (Å²) in [6.45, 7) is 5.15. The van der Waals surface area contributed by atoms with E-state index in [1.165, 1.54) is 4.68 Å². The van der Waals surface area contributed by atoms with Gasteiger partial charge >= 0.3 is 5.69 Å². The van der Waals surface area contributed by atoms with Gasteiger partial charge in [-0.25, -0.2) is 19.0 Å². The highest BCUT2D eigenvalue weighted by Gasteiger charge is 2.45. The van der Waals surface area contributed by atoms with Gasteiger partial charge in [0.25, 0.3) is 0 Å². The van der Waals surface area contributed by atoms with Crippen LogP contribution >= 0.6 is 23.2 Å². The largest absolute Gasteiger partial charge is 0.491 e. The first kappa shape index (κ1) is 24.6. The van der Waals surface area contributed by atoms with Crippen LogP contribution in [0.4, 0.5) is 0 Å². The third-order valence-corrected chi connectivity index (χ3v) is 6.53. The number of halogens is 2. The predicted octanol–water partition coefficient (Wildman–Crippen LogP) is 4.21. The Morgan fingerprint density at radius 1 is 1.19 bits per heavy atom. The normalized spacial score (nSPS) is 19.6. The van der Waals surface area contributed by atoms with E-state index in [0.717, 1.165) is 5.69 Å². The van der Waals surface area contributed by atoms with Crippen LogP contribution in [0.15, 0.2) is 66.0 Å². The molecule has 0 amide bonds. The predicted molar refractivity (Wildman–Crippen MR) is 135 cm³/mol. The lowest BCUT2D eigenvalue weighted by Crippen LogP contribution is -2.34. The maximum absolute atomic E-state index is 12.5. The Morgan fingerprint density at radius 3 is 2.67 bits per heavy atom. The molecule has 1 fully saturated rings. The van der Waals surface area contributed by atoms with E-state index in [9.17, 15) is 4.79 Å². The molecule has 0 saturated carbocycles. The van der Waals surface area contributed by atoms with E-state index in [2.05, 4.69) is 10.1 Å². The highest BCUT2D eigenvalue weighted by Crippen LogP contribution is 2.40. The van der Waals surface area contributed by atoms with Gasteiger partial charge in [-0.2, -0.15) is 5.10 Å². The van der Waals surface area contributed by atoms with Crippen LogP contribution in [-0.2, 0) is 28.4 Å². The van der Waals surface area contributed by atoms with Crippen molar-refractivity contribution in [1.82, 2.24) is 23.9 Å². The molecular weight excluding hydrogens is 505 g/mol. The monoisotopic (exact) mass is 529 g/mol. The smallest absolute Gasteiger partial charge is 0.350 e. The Bertz CT molecular complexity index is 1400. The molecule has 188 valence electrons. The van der Waals surface area contributed by atoms with Gasteiger partial charge < -0.3 is 18.8 Å². The maximum Gasteiger partial charge on any atom is 0.350 e. The summed E-state index contributed by atoms with van der Waals surface area (Å²) < 4.78 is 23.5. The van der Waals surface area contributed by atoms with E-state index >= 15 is 0 Å². The average Bonchev–Trinajstić information content (AvgIpc) is 3.58. The molecule has 5 rings (SSSR count). The first-order chi connectivity index (χ1) is 17.4. The Kier molecular flexibility index (Phi) is 6.90. The summed E-state index contributed by atoms with van der Waals surface area (Å²) >= 11 is 12.6. The molecule has 0 spiro atoms. The van der Waals surface area contributed by atoms with E-state index in [-0.39, 0.29) is 18.4 Å². The van der Waals surface area contributed by atoms with Crippen molar-refractivity contribution in [1.29, 1.82) is 0 Å². The summed E-state index contributed by atoms with van der Waals surface area (Å²) in [4.78, 5) is 16.6. The molecule has 11 heteroatoms.